The maximum absolute atomic E-state index is 14.3. The molecule has 1 saturated heterocycles. The van der Waals surface area contributed by atoms with E-state index in [1.807, 2.05) is 0 Å². The van der Waals surface area contributed by atoms with Crippen LogP contribution in [0.5, 0.6) is 0 Å². The van der Waals surface area contributed by atoms with E-state index in [1.165, 1.54) is 6.92 Å². The standard InChI is InChI=1S/C11H21F2NO5S2/c1-3-10(11(12,13)9(2)21(17,18)19)20(15,16)14-7-5-4-6-8-14/h9-10H,3-8H2,1-2H3,(H,17,18,19). The molecule has 1 heterocycles. The average Bonchev–Trinajstić information content (AvgIpc) is 2.38. The Morgan fingerprint density at radius 3 is 2.00 bits per heavy atom. The molecule has 0 aromatic heterocycles. The fourth-order valence-electron chi connectivity index (χ4n) is 2.44. The molecule has 1 aliphatic heterocycles. The summed E-state index contributed by atoms with van der Waals surface area (Å²) < 4.78 is 85.1. The maximum atomic E-state index is 14.3. The third-order valence-electron chi connectivity index (χ3n) is 3.82. The molecular weight excluding hydrogens is 328 g/mol. The molecule has 0 aromatic carbocycles. The van der Waals surface area contributed by atoms with Crippen LogP contribution < -0.4 is 0 Å². The van der Waals surface area contributed by atoms with Gasteiger partial charge in [0.1, 0.15) is 10.5 Å². The van der Waals surface area contributed by atoms with Gasteiger partial charge in [0.15, 0.2) is 0 Å². The van der Waals surface area contributed by atoms with Crippen molar-refractivity contribution in [3.63, 3.8) is 0 Å². The van der Waals surface area contributed by atoms with Crippen molar-refractivity contribution in [1.82, 2.24) is 4.31 Å². The van der Waals surface area contributed by atoms with Crippen molar-refractivity contribution in [1.29, 1.82) is 0 Å². The number of hydrogen-bond acceptors (Lipinski definition) is 4. The smallest absolute Gasteiger partial charge is 0.284 e. The maximum Gasteiger partial charge on any atom is 0.284 e. The van der Waals surface area contributed by atoms with Crippen LogP contribution in [0.15, 0.2) is 0 Å². The summed E-state index contributed by atoms with van der Waals surface area (Å²) in [5.74, 6) is -4.07. The highest BCUT2D eigenvalue weighted by Gasteiger charge is 2.56. The number of nitrogens with zero attached hydrogens (tertiary/aromatic N) is 1. The van der Waals surface area contributed by atoms with E-state index in [4.69, 9.17) is 4.55 Å². The Kier molecular flexibility index (Phi) is 5.73. The van der Waals surface area contributed by atoms with E-state index in [0.717, 1.165) is 10.7 Å². The van der Waals surface area contributed by atoms with Gasteiger partial charge in [-0.25, -0.2) is 21.5 Å². The Balaban J connectivity index is 3.16. The molecule has 1 aliphatic rings. The largest absolute Gasteiger partial charge is 0.285 e. The van der Waals surface area contributed by atoms with Gasteiger partial charge in [0.25, 0.3) is 16.0 Å². The number of rotatable bonds is 6. The van der Waals surface area contributed by atoms with Crippen molar-refractivity contribution >= 4 is 20.1 Å². The highest BCUT2D eigenvalue weighted by Crippen LogP contribution is 2.35. The first kappa shape index (κ1) is 18.7. The van der Waals surface area contributed by atoms with Crippen LogP contribution in [0.25, 0.3) is 0 Å². The average molecular weight is 349 g/mol. The molecule has 1 N–H and O–H groups in total. The van der Waals surface area contributed by atoms with Crippen LogP contribution in [0.1, 0.15) is 39.5 Å². The van der Waals surface area contributed by atoms with Gasteiger partial charge in [-0.3, -0.25) is 4.55 Å². The van der Waals surface area contributed by atoms with Crippen molar-refractivity contribution in [2.75, 3.05) is 13.1 Å². The Labute approximate surface area is 124 Å². The van der Waals surface area contributed by atoms with E-state index < -0.39 is 43.0 Å². The normalized spacial score (nSPS) is 22.0. The summed E-state index contributed by atoms with van der Waals surface area (Å²) in [7, 11) is -9.37. The summed E-state index contributed by atoms with van der Waals surface area (Å²) in [4.78, 5) is 0. The lowest BCUT2D eigenvalue weighted by atomic mass is 10.1. The highest BCUT2D eigenvalue weighted by molar-refractivity contribution is 7.90. The van der Waals surface area contributed by atoms with Crippen molar-refractivity contribution in [2.24, 2.45) is 0 Å². The van der Waals surface area contributed by atoms with E-state index in [0.29, 0.717) is 19.8 Å². The quantitative estimate of drug-likeness (QED) is 0.734. The minimum absolute atomic E-state index is 0.162. The minimum atomic E-state index is -5.04. The molecule has 0 bridgehead atoms. The number of alkyl halides is 2. The second kappa shape index (κ2) is 6.43. The molecule has 2 unspecified atom stereocenters. The molecule has 0 radical (unpaired) electrons. The molecule has 0 amide bonds. The predicted octanol–water partition coefficient (Wildman–Crippen LogP) is 1.49. The number of hydrogen-bond donors (Lipinski definition) is 1. The fourth-order valence-corrected chi connectivity index (χ4v) is 5.24. The minimum Gasteiger partial charge on any atom is -0.285 e. The van der Waals surface area contributed by atoms with Crippen molar-refractivity contribution in [2.45, 2.75) is 56.0 Å². The van der Waals surface area contributed by atoms with E-state index in [2.05, 4.69) is 0 Å². The first-order valence-electron chi connectivity index (χ1n) is 6.78. The van der Waals surface area contributed by atoms with Crippen LogP contribution in [0.4, 0.5) is 8.78 Å². The zero-order valence-corrected chi connectivity index (χ0v) is 13.6. The zero-order valence-electron chi connectivity index (χ0n) is 12.0. The molecule has 1 fully saturated rings. The second-order valence-electron chi connectivity index (χ2n) is 5.23. The molecule has 2 atom stereocenters. The van der Waals surface area contributed by atoms with E-state index >= 15 is 0 Å². The van der Waals surface area contributed by atoms with Gasteiger partial charge in [0, 0.05) is 13.1 Å². The van der Waals surface area contributed by atoms with Crippen LogP contribution >= 0.6 is 0 Å². The summed E-state index contributed by atoms with van der Waals surface area (Å²) in [5.41, 5.74) is 0. The van der Waals surface area contributed by atoms with Crippen LogP contribution in [-0.4, -0.2) is 55.2 Å². The molecule has 6 nitrogen and oxygen atoms in total. The SMILES string of the molecule is CCC(C(F)(F)C(C)S(=O)(=O)O)S(=O)(=O)N1CCCCC1. The first-order chi connectivity index (χ1) is 9.45. The molecule has 0 aliphatic carbocycles. The Bertz CT molecular complexity index is 555. The molecule has 1 rings (SSSR count). The summed E-state index contributed by atoms with van der Waals surface area (Å²) in [6.45, 7) is 2.20. The zero-order chi connectivity index (χ0) is 16.5. The van der Waals surface area contributed by atoms with E-state index in [1.54, 1.807) is 0 Å². The molecule has 10 heteroatoms. The van der Waals surface area contributed by atoms with Crippen molar-refractivity contribution in [3.05, 3.63) is 0 Å². The van der Waals surface area contributed by atoms with Crippen LogP contribution in [0, 0.1) is 0 Å². The number of sulfonamides is 1. The molecule has 0 saturated carbocycles. The molecule has 0 spiro atoms. The van der Waals surface area contributed by atoms with Gasteiger partial charge in [-0.2, -0.15) is 8.42 Å². The van der Waals surface area contributed by atoms with Gasteiger partial charge < -0.3 is 0 Å². The van der Waals surface area contributed by atoms with Crippen molar-refractivity contribution in [3.8, 4) is 0 Å². The fraction of sp³-hybridized carbons (Fsp3) is 1.00. The van der Waals surface area contributed by atoms with Gasteiger partial charge in [0.05, 0.1) is 0 Å². The second-order valence-corrected chi connectivity index (χ2v) is 9.09. The Morgan fingerprint density at radius 2 is 1.62 bits per heavy atom. The lowest BCUT2D eigenvalue weighted by Crippen LogP contribution is -2.54. The number of halogens is 2. The highest BCUT2D eigenvalue weighted by atomic mass is 32.2. The topological polar surface area (TPSA) is 91.7 Å². The molecule has 21 heavy (non-hydrogen) atoms. The Morgan fingerprint density at radius 1 is 1.14 bits per heavy atom. The van der Waals surface area contributed by atoms with Gasteiger partial charge in [0.2, 0.25) is 10.0 Å². The first-order valence-corrected chi connectivity index (χ1v) is 9.79. The van der Waals surface area contributed by atoms with E-state index in [9.17, 15) is 25.6 Å². The lowest BCUT2D eigenvalue weighted by Gasteiger charge is -2.34. The van der Waals surface area contributed by atoms with E-state index in [-0.39, 0.29) is 13.1 Å². The molecular formula is C11H21F2NO5S2. The third kappa shape index (κ3) is 3.91. The third-order valence-corrected chi connectivity index (χ3v) is 7.48. The molecule has 126 valence electrons. The number of piperidine rings is 1. The monoisotopic (exact) mass is 349 g/mol. The van der Waals surface area contributed by atoms with Crippen LogP contribution in [-0.2, 0) is 20.1 Å². The summed E-state index contributed by atoms with van der Waals surface area (Å²) in [6.07, 6.45) is 1.58. The van der Waals surface area contributed by atoms with Crippen molar-refractivity contribution < 1.29 is 30.2 Å². The summed E-state index contributed by atoms with van der Waals surface area (Å²) in [6, 6.07) is 0. The van der Waals surface area contributed by atoms with Gasteiger partial charge in [-0.1, -0.05) is 13.3 Å². The molecule has 0 aromatic rings. The van der Waals surface area contributed by atoms with Gasteiger partial charge in [-0.05, 0) is 26.2 Å². The van der Waals surface area contributed by atoms with Gasteiger partial charge in [-0.15, -0.1) is 0 Å². The predicted molar refractivity (Wildman–Crippen MR) is 74.4 cm³/mol. The summed E-state index contributed by atoms with van der Waals surface area (Å²) >= 11 is 0. The van der Waals surface area contributed by atoms with Gasteiger partial charge >= 0.3 is 0 Å². The lowest BCUT2D eigenvalue weighted by molar-refractivity contribution is -0.00771. The Hall–Kier alpha value is -0.320. The van der Waals surface area contributed by atoms with Crippen LogP contribution in [0.3, 0.4) is 0 Å². The van der Waals surface area contributed by atoms with Crippen LogP contribution in [0.2, 0.25) is 0 Å². The summed E-state index contributed by atoms with van der Waals surface area (Å²) in [5, 5.41) is -4.64.